The Balaban J connectivity index is 1.79. The van der Waals surface area contributed by atoms with Gasteiger partial charge in [-0.05, 0) is 42.8 Å². The minimum atomic E-state index is -3.66. The third-order valence-electron chi connectivity index (χ3n) is 4.36. The number of para-hydroxylation sites is 1. The number of anilines is 1. The average Bonchev–Trinajstić information content (AvgIpc) is 2.61. The summed E-state index contributed by atoms with van der Waals surface area (Å²) < 4.78 is 40.3. The molecule has 130 valence electrons. The van der Waals surface area contributed by atoms with Gasteiger partial charge in [0.15, 0.2) is 0 Å². The van der Waals surface area contributed by atoms with E-state index in [4.69, 9.17) is 0 Å². The normalized spacial score (nSPS) is 15.8. The molecular weight excluding hydrogens is 341 g/mol. The Morgan fingerprint density at radius 3 is 2.40 bits per heavy atom. The fourth-order valence-electron chi connectivity index (χ4n) is 3.05. The molecule has 0 atom stereocenters. The summed E-state index contributed by atoms with van der Waals surface area (Å²) in [5.41, 5.74) is 1.80. The molecule has 1 heterocycles. The van der Waals surface area contributed by atoms with Crippen LogP contribution >= 0.6 is 0 Å². The van der Waals surface area contributed by atoms with Crippen LogP contribution in [0.25, 0.3) is 0 Å². The number of aryl methyl sites for hydroxylation is 1. The van der Waals surface area contributed by atoms with Crippen LogP contribution in [0, 0.1) is 24.1 Å². The number of piperazine rings is 1. The number of nitrogens with zero attached hydrogens (tertiary/aromatic N) is 3. The first kappa shape index (κ1) is 17.4. The topological polar surface area (TPSA) is 64.4 Å². The first-order valence-corrected chi connectivity index (χ1v) is 9.38. The predicted octanol–water partition coefficient (Wildman–Crippen LogP) is 2.52. The molecule has 1 fully saturated rings. The number of sulfonamides is 1. The van der Waals surface area contributed by atoms with Crippen LogP contribution in [0.1, 0.15) is 11.1 Å². The van der Waals surface area contributed by atoms with Crippen LogP contribution in [0.3, 0.4) is 0 Å². The fourth-order valence-corrected chi connectivity index (χ4v) is 4.68. The van der Waals surface area contributed by atoms with Crippen molar-refractivity contribution < 1.29 is 12.8 Å². The molecule has 0 N–H and O–H groups in total. The molecule has 1 aliphatic rings. The molecule has 25 heavy (non-hydrogen) atoms. The minimum absolute atomic E-state index is 0.139. The van der Waals surface area contributed by atoms with Gasteiger partial charge in [0, 0.05) is 26.2 Å². The number of rotatable bonds is 3. The standard InChI is InChI=1S/C18H18FN3O2S/c1-14-12-16(19)6-7-18(14)25(23,24)22-10-8-21(9-11-22)17-5-3-2-4-15(17)13-20/h2-7,12H,8-11H2,1H3. The Morgan fingerprint density at radius 2 is 1.76 bits per heavy atom. The summed E-state index contributed by atoms with van der Waals surface area (Å²) in [5, 5.41) is 9.22. The molecule has 2 aromatic rings. The quantitative estimate of drug-likeness (QED) is 0.845. The maximum atomic E-state index is 13.2. The highest BCUT2D eigenvalue weighted by molar-refractivity contribution is 7.89. The molecule has 1 saturated heterocycles. The van der Waals surface area contributed by atoms with Gasteiger partial charge >= 0.3 is 0 Å². The van der Waals surface area contributed by atoms with E-state index in [-0.39, 0.29) is 4.90 Å². The molecule has 0 aromatic heterocycles. The molecule has 0 saturated carbocycles. The summed E-state index contributed by atoms with van der Waals surface area (Å²) in [6, 6.07) is 13.2. The molecule has 2 aromatic carbocycles. The second-order valence-corrected chi connectivity index (χ2v) is 7.84. The van der Waals surface area contributed by atoms with Crippen molar-refractivity contribution in [2.24, 2.45) is 0 Å². The number of hydrogen-bond acceptors (Lipinski definition) is 4. The average molecular weight is 359 g/mol. The summed E-state index contributed by atoms with van der Waals surface area (Å²) in [6.07, 6.45) is 0. The zero-order chi connectivity index (χ0) is 18.0. The second-order valence-electron chi connectivity index (χ2n) is 5.93. The highest BCUT2D eigenvalue weighted by Gasteiger charge is 2.30. The van der Waals surface area contributed by atoms with E-state index in [1.165, 1.54) is 22.5 Å². The van der Waals surface area contributed by atoms with Crippen molar-refractivity contribution in [1.82, 2.24) is 4.31 Å². The van der Waals surface area contributed by atoms with Gasteiger partial charge in [-0.25, -0.2) is 12.8 Å². The van der Waals surface area contributed by atoms with Crippen LogP contribution in [-0.2, 0) is 10.0 Å². The number of hydrogen-bond donors (Lipinski definition) is 0. The smallest absolute Gasteiger partial charge is 0.243 e. The van der Waals surface area contributed by atoms with Gasteiger partial charge in [0.1, 0.15) is 11.9 Å². The van der Waals surface area contributed by atoms with Gasteiger partial charge in [-0.3, -0.25) is 0 Å². The van der Waals surface area contributed by atoms with Gasteiger partial charge in [-0.1, -0.05) is 12.1 Å². The summed E-state index contributed by atoms with van der Waals surface area (Å²) >= 11 is 0. The Morgan fingerprint density at radius 1 is 1.08 bits per heavy atom. The first-order chi connectivity index (χ1) is 11.9. The zero-order valence-corrected chi connectivity index (χ0v) is 14.6. The molecule has 0 amide bonds. The van der Waals surface area contributed by atoms with Crippen molar-refractivity contribution in [3.05, 3.63) is 59.4 Å². The predicted molar refractivity (Wildman–Crippen MR) is 93.3 cm³/mol. The minimum Gasteiger partial charge on any atom is -0.368 e. The van der Waals surface area contributed by atoms with Crippen molar-refractivity contribution in [1.29, 1.82) is 5.26 Å². The lowest BCUT2D eigenvalue weighted by Gasteiger charge is -2.35. The molecular formula is C18H18FN3O2S. The lowest BCUT2D eigenvalue weighted by molar-refractivity contribution is 0.384. The van der Waals surface area contributed by atoms with E-state index in [1.54, 1.807) is 19.1 Å². The summed E-state index contributed by atoms with van der Waals surface area (Å²) in [6.45, 7) is 3.23. The maximum Gasteiger partial charge on any atom is 0.243 e. The van der Waals surface area contributed by atoms with Gasteiger partial charge in [0.2, 0.25) is 10.0 Å². The maximum absolute atomic E-state index is 13.2. The molecule has 0 aliphatic carbocycles. The van der Waals surface area contributed by atoms with Gasteiger partial charge in [0.25, 0.3) is 0 Å². The van der Waals surface area contributed by atoms with Gasteiger partial charge in [-0.2, -0.15) is 9.57 Å². The molecule has 5 nitrogen and oxygen atoms in total. The van der Waals surface area contributed by atoms with E-state index in [9.17, 15) is 18.1 Å². The summed E-state index contributed by atoms with van der Waals surface area (Å²) in [4.78, 5) is 2.15. The lowest BCUT2D eigenvalue weighted by atomic mass is 10.1. The highest BCUT2D eigenvalue weighted by atomic mass is 32.2. The molecule has 3 rings (SSSR count). The van der Waals surface area contributed by atoms with E-state index in [0.29, 0.717) is 37.3 Å². The number of benzene rings is 2. The van der Waals surface area contributed by atoms with Crippen molar-refractivity contribution >= 4 is 15.7 Å². The van der Waals surface area contributed by atoms with E-state index < -0.39 is 15.8 Å². The van der Waals surface area contributed by atoms with E-state index >= 15 is 0 Å². The number of halogens is 1. The Labute approximate surface area is 147 Å². The summed E-state index contributed by atoms with van der Waals surface area (Å²) in [5.74, 6) is -0.450. The van der Waals surface area contributed by atoms with Crippen molar-refractivity contribution in [3.8, 4) is 6.07 Å². The number of nitriles is 1. The first-order valence-electron chi connectivity index (χ1n) is 7.94. The lowest BCUT2D eigenvalue weighted by Crippen LogP contribution is -2.49. The largest absolute Gasteiger partial charge is 0.368 e. The molecule has 7 heteroatoms. The van der Waals surface area contributed by atoms with Crippen LogP contribution in [0.2, 0.25) is 0 Å². The Hall–Kier alpha value is -2.43. The van der Waals surface area contributed by atoms with Crippen LogP contribution < -0.4 is 4.90 Å². The van der Waals surface area contributed by atoms with Crippen LogP contribution in [-0.4, -0.2) is 38.9 Å². The SMILES string of the molecule is Cc1cc(F)ccc1S(=O)(=O)N1CCN(c2ccccc2C#N)CC1. The van der Waals surface area contributed by atoms with Gasteiger partial charge in [-0.15, -0.1) is 0 Å². The monoisotopic (exact) mass is 359 g/mol. The van der Waals surface area contributed by atoms with Crippen LogP contribution in [0.15, 0.2) is 47.4 Å². The van der Waals surface area contributed by atoms with E-state index in [2.05, 4.69) is 6.07 Å². The van der Waals surface area contributed by atoms with Crippen LogP contribution in [0.5, 0.6) is 0 Å². The van der Waals surface area contributed by atoms with Crippen molar-refractivity contribution in [2.45, 2.75) is 11.8 Å². The van der Waals surface area contributed by atoms with E-state index in [0.717, 1.165) is 5.69 Å². The Kier molecular flexibility index (Phi) is 4.75. The van der Waals surface area contributed by atoms with Crippen LogP contribution in [0.4, 0.5) is 10.1 Å². The Bertz CT molecular complexity index is 930. The molecule has 1 aliphatic heterocycles. The third kappa shape index (κ3) is 3.36. The molecule has 0 bridgehead atoms. The fraction of sp³-hybridized carbons (Fsp3) is 0.278. The van der Waals surface area contributed by atoms with Gasteiger partial charge in [0.05, 0.1) is 16.1 Å². The van der Waals surface area contributed by atoms with Crippen molar-refractivity contribution in [2.75, 3.05) is 31.1 Å². The second kappa shape index (κ2) is 6.82. The third-order valence-corrected chi connectivity index (χ3v) is 6.42. The summed E-state index contributed by atoms with van der Waals surface area (Å²) in [7, 11) is -3.66. The van der Waals surface area contributed by atoms with Gasteiger partial charge < -0.3 is 4.90 Å². The molecule has 0 unspecified atom stereocenters. The van der Waals surface area contributed by atoms with Crippen molar-refractivity contribution in [3.63, 3.8) is 0 Å². The zero-order valence-electron chi connectivity index (χ0n) is 13.8. The van der Waals surface area contributed by atoms with E-state index in [1.807, 2.05) is 17.0 Å². The molecule has 0 spiro atoms. The highest BCUT2D eigenvalue weighted by Crippen LogP contribution is 2.25. The molecule has 0 radical (unpaired) electrons.